The zero-order valence-electron chi connectivity index (χ0n) is 16.1. The SMILES string of the molecule is CC.CSc1ccc2c3c(ccc2c1)OCC(N)C3.Fc1ccc(F)c(F)c1. The van der Waals surface area contributed by atoms with Crippen molar-refractivity contribution >= 4 is 22.5 Å². The van der Waals surface area contributed by atoms with Crippen LogP contribution in [-0.4, -0.2) is 18.9 Å². The van der Waals surface area contributed by atoms with Crippen LogP contribution in [0.15, 0.2) is 53.4 Å². The van der Waals surface area contributed by atoms with Gasteiger partial charge in [-0.1, -0.05) is 26.0 Å². The fourth-order valence-corrected chi connectivity index (χ4v) is 3.26. The van der Waals surface area contributed by atoms with Gasteiger partial charge in [-0.2, -0.15) is 0 Å². The maximum absolute atomic E-state index is 12.0. The van der Waals surface area contributed by atoms with Gasteiger partial charge in [0.05, 0.1) is 0 Å². The van der Waals surface area contributed by atoms with E-state index in [1.807, 2.05) is 13.8 Å². The van der Waals surface area contributed by atoms with Gasteiger partial charge in [0.1, 0.15) is 18.2 Å². The maximum Gasteiger partial charge on any atom is 0.161 e. The second-order valence-electron chi connectivity index (χ2n) is 5.96. The molecular formula is C22H24F3NOS. The van der Waals surface area contributed by atoms with Crippen LogP contribution in [0.5, 0.6) is 5.75 Å². The van der Waals surface area contributed by atoms with E-state index in [9.17, 15) is 13.2 Å². The molecule has 0 radical (unpaired) electrons. The first kappa shape index (κ1) is 22.1. The Labute approximate surface area is 167 Å². The van der Waals surface area contributed by atoms with Crippen LogP contribution in [0.4, 0.5) is 13.2 Å². The van der Waals surface area contributed by atoms with Crippen LogP contribution in [-0.2, 0) is 6.42 Å². The first-order valence-electron chi connectivity index (χ1n) is 9.06. The third-order valence-corrected chi connectivity index (χ3v) is 4.82. The number of benzene rings is 3. The van der Waals surface area contributed by atoms with Crippen molar-refractivity contribution in [2.24, 2.45) is 5.73 Å². The molecule has 28 heavy (non-hydrogen) atoms. The van der Waals surface area contributed by atoms with Crippen molar-refractivity contribution in [3.05, 3.63) is 71.5 Å². The molecule has 1 unspecified atom stereocenters. The standard InChI is InChI=1S/C14H15NOS.C6H3F3.C2H6/c1-17-11-3-4-12-9(6-11)2-5-14-13(12)7-10(15)8-16-14;7-4-1-2-5(8)6(9)3-4;1-2/h2-6,10H,7-8,15H2,1H3;1-3H;1-2H3. The molecule has 6 heteroatoms. The van der Waals surface area contributed by atoms with E-state index in [0.717, 1.165) is 24.3 Å². The number of nitrogens with two attached hydrogens (primary N) is 1. The summed E-state index contributed by atoms with van der Waals surface area (Å²) in [6, 6.07) is 13.0. The van der Waals surface area contributed by atoms with E-state index in [2.05, 4.69) is 36.6 Å². The highest BCUT2D eigenvalue weighted by Gasteiger charge is 2.18. The fraction of sp³-hybridized carbons (Fsp3) is 0.273. The molecule has 0 fully saturated rings. The molecule has 0 aliphatic carbocycles. The number of fused-ring (bicyclic) bond motifs is 3. The molecule has 1 aliphatic heterocycles. The Morgan fingerprint density at radius 1 is 0.964 bits per heavy atom. The van der Waals surface area contributed by atoms with Crippen molar-refractivity contribution in [2.45, 2.75) is 31.2 Å². The average molecular weight is 408 g/mol. The summed E-state index contributed by atoms with van der Waals surface area (Å²) in [5.74, 6) is -1.96. The zero-order valence-corrected chi connectivity index (χ0v) is 17.0. The minimum atomic E-state index is -1.16. The molecular weight excluding hydrogens is 383 g/mol. The van der Waals surface area contributed by atoms with E-state index in [4.69, 9.17) is 10.5 Å². The van der Waals surface area contributed by atoms with Crippen molar-refractivity contribution in [1.29, 1.82) is 0 Å². The van der Waals surface area contributed by atoms with Crippen molar-refractivity contribution in [3.8, 4) is 5.75 Å². The van der Waals surface area contributed by atoms with Crippen LogP contribution in [0.3, 0.4) is 0 Å². The number of rotatable bonds is 1. The lowest BCUT2D eigenvalue weighted by Crippen LogP contribution is -2.33. The molecule has 1 atom stereocenters. The molecule has 2 nitrogen and oxygen atoms in total. The smallest absolute Gasteiger partial charge is 0.161 e. The molecule has 1 aliphatic rings. The van der Waals surface area contributed by atoms with Gasteiger partial charge < -0.3 is 10.5 Å². The normalized spacial score (nSPS) is 14.8. The zero-order chi connectivity index (χ0) is 20.7. The van der Waals surface area contributed by atoms with Gasteiger partial charge in [0.2, 0.25) is 0 Å². The number of hydrogen-bond donors (Lipinski definition) is 1. The van der Waals surface area contributed by atoms with E-state index in [1.165, 1.54) is 21.2 Å². The van der Waals surface area contributed by atoms with Gasteiger partial charge in [-0.05, 0) is 53.8 Å². The Morgan fingerprint density at radius 3 is 2.36 bits per heavy atom. The van der Waals surface area contributed by atoms with Crippen LogP contribution in [0, 0.1) is 17.5 Å². The molecule has 0 spiro atoms. The molecule has 150 valence electrons. The lowest BCUT2D eigenvalue weighted by molar-refractivity contribution is 0.264. The van der Waals surface area contributed by atoms with Crippen molar-refractivity contribution < 1.29 is 17.9 Å². The third kappa shape index (κ3) is 5.42. The van der Waals surface area contributed by atoms with Gasteiger partial charge in [0.25, 0.3) is 0 Å². The predicted octanol–water partition coefficient (Wildman–Crippen LogP) is 5.95. The van der Waals surface area contributed by atoms with Crippen LogP contribution in [0.2, 0.25) is 0 Å². The summed E-state index contributed by atoms with van der Waals surface area (Å²) >= 11 is 1.77. The molecule has 0 aromatic heterocycles. The number of hydrogen-bond acceptors (Lipinski definition) is 3. The van der Waals surface area contributed by atoms with Crippen LogP contribution in [0.1, 0.15) is 19.4 Å². The monoisotopic (exact) mass is 407 g/mol. The largest absolute Gasteiger partial charge is 0.492 e. The highest BCUT2D eigenvalue weighted by Crippen LogP contribution is 2.33. The van der Waals surface area contributed by atoms with E-state index >= 15 is 0 Å². The summed E-state index contributed by atoms with van der Waals surface area (Å²) in [6.45, 7) is 4.63. The van der Waals surface area contributed by atoms with E-state index in [-0.39, 0.29) is 6.04 Å². The van der Waals surface area contributed by atoms with Crippen molar-refractivity contribution in [3.63, 3.8) is 0 Å². The summed E-state index contributed by atoms with van der Waals surface area (Å²) < 4.78 is 41.5. The van der Waals surface area contributed by atoms with Crippen LogP contribution in [0.25, 0.3) is 10.8 Å². The first-order valence-corrected chi connectivity index (χ1v) is 10.3. The molecule has 0 saturated heterocycles. The van der Waals surface area contributed by atoms with E-state index in [0.29, 0.717) is 12.7 Å². The Balaban J connectivity index is 0.000000216. The Kier molecular flexibility index (Phi) is 8.20. The second-order valence-corrected chi connectivity index (χ2v) is 6.84. The van der Waals surface area contributed by atoms with Gasteiger partial charge in [0, 0.05) is 22.6 Å². The Morgan fingerprint density at radius 2 is 1.71 bits per heavy atom. The topological polar surface area (TPSA) is 35.2 Å². The Hall–Kier alpha value is -2.18. The molecule has 3 aromatic carbocycles. The summed E-state index contributed by atoms with van der Waals surface area (Å²) in [7, 11) is 0. The highest BCUT2D eigenvalue weighted by molar-refractivity contribution is 7.98. The van der Waals surface area contributed by atoms with Gasteiger partial charge in [-0.15, -0.1) is 11.8 Å². The van der Waals surface area contributed by atoms with Gasteiger partial charge in [-0.3, -0.25) is 0 Å². The van der Waals surface area contributed by atoms with E-state index < -0.39 is 17.5 Å². The molecule has 0 amide bonds. The quantitative estimate of drug-likeness (QED) is 0.400. The van der Waals surface area contributed by atoms with Crippen LogP contribution >= 0.6 is 11.8 Å². The summed E-state index contributed by atoms with van der Waals surface area (Å²) in [6.07, 6.45) is 3.00. The number of ether oxygens (including phenoxy) is 1. The van der Waals surface area contributed by atoms with Gasteiger partial charge >= 0.3 is 0 Å². The molecule has 4 rings (SSSR count). The molecule has 0 bridgehead atoms. The second kappa shape index (κ2) is 10.4. The van der Waals surface area contributed by atoms with Gasteiger partial charge in [-0.25, -0.2) is 13.2 Å². The highest BCUT2D eigenvalue weighted by atomic mass is 32.2. The minimum absolute atomic E-state index is 0.119. The third-order valence-electron chi connectivity index (χ3n) is 4.10. The lowest BCUT2D eigenvalue weighted by atomic mass is 9.96. The van der Waals surface area contributed by atoms with Crippen molar-refractivity contribution in [2.75, 3.05) is 12.9 Å². The molecule has 1 heterocycles. The molecule has 0 saturated carbocycles. The Bertz CT molecular complexity index is 933. The average Bonchev–Trinajstić information content (AvgIpc) is 2.72. The minimum Gasteiger partial charge on any atom is -0.492 e. The van der Waals surface area contributed by atoms with Gasteiger partial charge in [0.15, 0.2) is 11.6 Å². The summed E-state index contributed by atoms with van der Waals surface area (Å²) in [4.78, 5) is 1.29. The fourth-order valence-electron chi connectivity index (χ4n) is 2.81. The maximum atomic E-state index is 12.0. The van der Waals surface area contributed by atoms with Crippen LogP contribution < -0.4 is 10.5 Å². The summed E-state index contributed by atoms with van der Waals surface area (Å²) in [5.41, 5.74) is 7.23. The number of thioether (sulfide) groups is 1. The number of halogens is 3. The van der Waals surface area contributed by atoms with E-state index in [1.54, 1.807) is 11.8 Å². The summed E-state index contributed by atoms with van der Waals surface area (Å²) in [5, 5.41) is 2.55. The predicted molar refractivity (Wildman–Crippen MR) is 111 cm³/mol. The van der Waals surface area contributed by atoms with Crippen molar-refractivity contribution in [1.82, 2.24) is 0 Å². The first-order chi connectivity index (χ1) is 13.5. The lowest BCUT2D eigenvalue weighted by Gasteiger charge is -2.23. The molecule has 2 N–H and O–H groups in total. The molecule has 3 aromatic rings.